The van der Waals surface area contributed by atoms with Crippen LogP contribution >= 0.6 is 0 Å². The molecule has 6 heteroatoms. The van der Waals surface area contributed by atoms with Gasteiger partial charge in [-0.2, -0.15) is 5.10 Å². The number of amides is 3. The topological polar surface area (TPSA) is 73.8 Å². The minimum absolute atomic E-state index is 0.226. The molecule has 1 aliphatic heterocycles. The van der Waals surface area contributed by atoms with Crippen LogP contribution in [0.5, 0.6) is 0 Å². The number of nitrogens with one attached hydrogen (secondary N) is 2. The molecular formula is C8H14N4O2. The highest BCUT2D eigenvalue weighted by atomic mass is 16.2. The molecule has 2 N–H and O–H groups in total. The van der Waals surface area contributed by atoms with Crippen molar-refractivity contribution >= 4 is 18.2 Å². The maximum atomic E-state index is 11.1. The van der Waals surface area contributed by atoms with Crippen LogP contribution in [-0.2, 0) is 4.79 Å². The van der Waals surface area contributed by atoms with Crippen LogP contribution in [0.25, 0.3) is 0 Å². The predicted octanol–water partition coefficient (Wildman–Crippen LogP) is 0.219. The summed E-state index contributed by atoms with van der Waals surface area (Å²) in [4.78, 5) is 22.1. The molecule has 1 aliphatic rings. The van der Waals surface area contributed by atoms with E-state index in [1.54, 1.807) is 0 Å². The maximum absolute atomic E-state index is 11.1. The van der Waals surface area contributed by atoms with Gasteiger partial charge >= 0.3 is 6.03 Å². The van der Waals surface area contributed by atoms with E-state index in [1.165, 1.54) is 6.21 Å². The third-order valence-electron chi connectivity index (χ3n) is 1.72. The molecule has 14 heavy (non-hydrogen) atoms. The molecule has 0 bridgehead atoms. The zero-order valence-corrected chi connectivity index (χ0v) is 8.12. The molecule has 0 aliphatic carbocycles. The van der Waals surface area contributed by atoms with Gasteiger partial charge in [0.2, 0.25) is 0 Å². The van der Waals surface area contributed by atoms with Crippen LogP contribution in [0.2, 0.25) is 0 Å². The Morgan fingerprint density at radius 1 is 1.71 bits per heavy atom. The van der Waals surface area contributed by atoms with Gasteiger partial charge in [-0.15, -0.1) is 5.12 Å². The van der Waals surface area contributed by atoms with Gasteiger partial charge in [0.15, 0.2) is 0 Å². The maximum Gasteiger partial charge on any atom is 0.335 e. The summed E-state index contributed by atoms with van der Waals surface area (Å²) in [7, 11) is 0. The Balaban J connectivity index is 2.20. The van der Waals surface area contributed by atoms with E-state index in [1.807, 2.05) is 6.92 Å². The van der Waals surface area contributed by atoms with E-state index < -0.39 is 6.03 Å². The number of carbonyl (C=O) groups excluding carboxylic acids is 2. The normalized spacial score (nSPS) is 14.6. The first-order chi connectivity index (χ1) is 6.74. The first-order valence-corrected chi connectivity index (χ1v) is 4.64. The summed E-state index contributed by atoms with van der Waals surface area (Å²) in [6, 6.07) is -0.397. The highest BCUT2D eigenvalue weighted by molar-refractivity contribution is 5.94. The molecule has 78 valence electrons. The minimum Gasteiger partial charge on any atom is -0.337 e. The van der Waals surface area contributed by atoms with Gasteiger partial charge in [-0.3, -0.25) is 4.79 Å². The van der Waals surface area contributed by atoms with Gasteiger partial charge < -0.3 is 5.32 Å². The van der Waals surface area contributed by atoms with Gasteiger partial charge in [0.05, 0.1) is 6.42 Å². The summed E-state index contributed by atoms with van der Waals surface area (Å²) in [5, 5.41) is 7.23. The average Bonchev–Trinajstić information content (AvgIpc) is 2.52. The SMILES string of the molecule is CCCCNC(=O)NN1N=CCC1=O. The molecule has 1 rings (SSSR count). The van der Waals surface area contributed by atoms with Crippen LogP contribution in [0.3, 0.4) is 0 Å². The van der Waals surface area contributed by atoms with E-state index in [4.69, 9.17) is 0 Å². The van der Waals surface area contributed by atoms with Crippen molar-refractivity contribution in [1.29, 1.82) is 0 Å². The largest absolute Gasteiger partial charge is 0.337 e. The zero-order chi connectivity index (χ0) is 10.4. The van der Waals surface area contributed by atoms with E-state index in [0.717, 1.165) is 18.0 Å². The summed E-state index contributed by atoms with van der Waals surface area (Å²) < 4.78 is 0. The van der Waals surface area contributed by atoms with Gasteiger partial charge in [-0.05, 0) is 6.42 Å². The first kappa shape index (κ1) is 10.5. The number of hydrazone groups is 1. The van der Waals surface area contributed by atoms with Crippen LogP contribution in [0.15, 0.2) is 5.10 Å². The fraction of sp³-hybridized carbons (Fsp3) is 0.625. The Labute approximate surface area is 82.3 Å². The van der Waals surface area contributed by atoms with Crippen molar-refractivity contribution in [3.63, 3.8) is 0 Å². The molecule has 0 aromatic heterocycles. The quantitative estimate of drug-likeness (QED) is 0.634. The Morgan fingerprint density at radius 3 is 3.07 bits per heavy atom. The van der Waals surface area contributed by atoms with Crippen molar-refractivity contribution in [1.82, 2.24) is 15.9 Å². The molecule has 6 nitrogen and oxygen atoms in total. The molecule has 0 aromatic rings. The smallest absolute Gasteiger partial charge is 0.335 e. The van der Waals surface area contributed by atoms with Gasteiger partial charge in [0.25, 0.3) is 5.91 Å². The second-order valence-electron chi connectivity index (χ2n) is 2.93. The highest BCUT2D eigenvalue weighted by Crippen LogP contribution is 1.97. The van der Waals surface area contributed by atoms with Crippen LogP contribution in [0, 0.1) is 0 Å². The van der Waals surface area contributed by atoms with Crippen LogP contribution in [-0.4, -0.2) is 29.8 Å². The highest BCUT2D eigenvalue weighted by Gasteiger charge is 2.18. The first-order valence-electron chi connectivity index (χ1n) is 4.64. The Kier molecular flexibility index (Phi) is 3.90. The molecule has 0 saturated carbocycles. The summed E-state index contributed by atoms with van der Waals surface area (Å²) >= 11 is 0. The number of hydrogen-bond acceptors (Lipinski definition) is 3. The van der Waals surface area contributed by atoms with Gasteiger partial charge in [0.1, 0.15) is 0 Å². The summed E-state index contributed by atoms with van der Waals surface area (Å²) in [6.45, 7) is 2.64. The fourth-order valence-corrected chi connectivity index (χ4v) is 0.957. The minimum atomic E-state index is -0.397. The average molecular weight is 198 g/mol. The van der Waals surface area contributed by atoms with E-state index in [0.29, 0.717) is 6.54 Å². The number of unbranched alkanes of at least 4 members (excludes halogenated alkanes) is 1. The van der Waals surface area contributed by atoms with Crippen molar-refractivity contribution < 1.29 is 9.59 Å². The van der Waals surface area contributed by atoms with Crippen molar-refractivity contribution in [3.8, 4) is 0 Å². The number of nitrogens with zero attached hydrogens (tertiary/aromatic N) is 2. The molecule has 0 aromatic carbocycles. The van der Waals surface area contributed by atoms with E-state index in [2.05, 4.69) is 15.8 Å². The Morgan fingerprint density at radius 2 is 2.50 bits per heavy atom. The standard InChI is InChI=1S/C8H14N4O2/c1-2-3-5-9-8(14)11-12-7(13)4-6-10-12/h6H,2-5H2,1H3,(H2,9,11,14). The monoisotopic (exact) mass is 198 g/mol. The lowest BCUT2D eigenvalue weighted by Gasteiger charge is -2.13. The molecule has 0 saturated heterocycles. The Hall–Kier alpha value is -1.59. The van der Waals surface area contributed by atoms with E-state index >= 15 is 0 Å². The number of rotatable bonds is 4. The molecule has 0 radical (unpaired) electrons. The predicted molar refractivity (Wildman–Crippen MR) is 51.4 cm³/mol. The summed E-state index contributed by atoms with van der Waals surface area (Å²) in [6.07, 6.45) is 3.63. The van der Waals surface area contributed by atoms with Crippen LogP contribution < -0.4 is 10.7 Å². The van der Waals surface area contributed by atoms with E-state index in [-0.39, 0.29) is 12.3 Å². The lowest BCUT2D eigenvalue weighted by Crippen LogP contribution is -2.46. The van der Waals surface area contributed by atoms with Crippen molar-refractivity contribution in [2.45, 2.75) is 26.2 Å². The second-order valence-corrected chi connectivity index (χ2v) is 2.93. The number of hydrogen-bond donors (Lipinski definition) is 2. The third-order valence-corrected chi connectivity index (χ3v) is 1.72. The van der Waals surface area contributed by atoms with Crippen molar-refractivity contribution in [3.05, 3.63) is 0 Å². The molecule has 1 heterocycles. The lowest BCUT2D eigenvalue weighted by atomic mass is 10.3. The Bertz CT molecular complexity index is 252. The lowest BCUT2D eigenvalue weighted by molar-refractivity contribution is -0.130. The molecule has 0 spiro atoms. The van der Waals surface area contributed by atoms with Gasteiger partial charge in [-0.1, -0.05) is 13.3 Å². The van der Waals surface area contributed by atoms with Crippen molar-refractivity contribution in [2.24, 2.45) is 5.10 Å². The zero-order valence-electron chi connectivity index (χ0n) is 8.12. The van der Waals surface area contributed by atoms with Gasteiger partial charge in [-0.25, -0.2) is 10.2 Å². The van der Waals surface area contributed by atoms with Crippen LogP contribution in [0.1, 0.15) is 26.2 Å². The fourth-order valence-electron chi connectivity index (χ4n) is 0.957. The number of hydrazine groups is 1. The van der Waals surface area contributed by atoms with Crippen LogP contribution in [0.4, 0.5) is 4.79 Å². The molecule has 0 unspecified atom stereocenters. The number of carbonyl (C=O) groups is 2. The van der Waals surface area contributed by atoms with Crippen molar-refractivity contribution in [2.75, 3.05) is 6.54 Å². The molecule has 0 atom stereocenters. The second kappa shape index (κ2) is 5.21. The third kappa shape index (κ3) is 3.04. The van der Waals surface area contributed by atoms with Gasteiger partial charge in [0, 0.05) is 12.8 Å². The summed E-state index contributed by atoms with van der Waals surface area (Å²) in [5.74, 6) is -0.226. The molecule has 3 amide bonds. The van der Waals surface area contributed by atoms with E-state index in [9.17, 15) is 9.59 Å². The molecular weight excluding hydrogens is 184 g/mol. The molecule has 0 fully saturated rings. The number of urea groups is 1. The summed E-state index contributed by atoms with van der Waals surface area (Å²) in [5.41, 5.74) is 2.32.